The van der Waals surface area contributed by atoms with Crippen LogP contribution in [-0.4, -0.2) is 11.6 Å². The molecule has 76 valence electrons. The van der Waals surface area contributed by atoms with Crippen LogP contribution in [0.5, 0.6) is 0 Å². The second-order valence-electron chi connectivity index (χ2n) is 4.60. The van der Waals surface area contributed by atoms with Crippen molar-refractivity contribution in [3.63, 3.8) is 0 Å². The molecule has 0 amide bonds. The summed E-state index contributed by atoms with van der Waals surface area (Å²) in [7, 11) is 0. The molecule has 2 heteroatoms. The summed E-state index contributed by atoms with van der Waals surface area (Å²) < 4.78 is 0. The fourth-order valence-corrected chi connectivity index (χ4v) is 2.50. The van der Waals surface area contributed by atoms with Crippen molar-refractivity contribution < 1.29 is 9.59 Å². The molecule has 14 heavy (non-hydrogen) atoms. The molecule has 1 saturated carbocycles. The van der Waals surface area contributed by atoms with Gasteiger partial charge in [-0.2, -0.15) is 0 Å². The second kappa shape index (κ2) is 3.34. The van der Waals surface area contributed by atoms with Gasteiger partial charge in [-0.15, -0.1) is 0 Å². The predicted octanol–water partition coefficient (Wildman–Crippen LogP) is 2.43. The van der Waals surface area contributed by atoms with Crippen molar-refractivity contribution in [3.05, 3.63) is 11.6 Å². The monoisotopic (exact) mass is 192 g/mol. The van der Waals surface area contributed by atoms with Crippen molar-refractivity contribution in [1.82, 2.24) is 0 Å². The summed E-state index contributed by atoms with van der Waals surface area (Å²) in [5, 5.41) is 0. The fraction of sp³-hybridized carbons (Fsp3) is 0.667. The predicted molar refractivity (Wildman–Crippen MR) is 53.9 cm³/mol. The first kappa shape index (κ1) is 9.63. The molecule has 0 aromatic carbocycles. The summed E-state index contributed by atoms with van der Waals surface area (Å²) in [6.07, 6.45) is 6.69. The lowest BCUT2D eigenvalue weighted by Crippen LogP contribution is -2.32. The first-order chi connectivity index (χ1) is 6.63. The lowest BCUT2D eigenvalue weighted by molar-refractivity contribution is -0.127. The summed E-state index contributed by atoms with van der Waals surface area (Å²) in [5.41, 5.74) is 0.793. The van der Waals surface area contributed by atoms with Crippen LogP contribution in [0.2, 0.25) is 0 Å². The highest BCUT2D eigenvalue weighted by molar-refractivity contribution is 5.97. The summed E-state index contributed by atoms with van der Waals surface area (Å²) in [5.74, 6) is 0.543. The van der Waals surface area contributed by atoms with Gasteiger partial charge >= 0.3 is 0 Å². The van der Waals surface area contributed by atoms with Gasteiger partial charge in [0.1, 0.15) is 5.78 Å². The Morgan fingerprint density at radius 3 is 2.64 bits per heavy atom. The van der Waals surface area contributed by atoms with E-state index in [1.807, 2.05) is 6.92 Å². The van der Waals surface area contributed by atoms with Crippen LogP contribution < -0.4 is 0 Å². The SMILES string of the molecule is C[C@]12CCC(=O)C=C1CCCCC2=O. The molecule has 0 heterocycles. The summed E-state index contributed by atoms with van der Waals surface area (Å²) in [6.45, 7) is 2.01. The van der Waals surface area contributed by atoms with Crippen molar-refractivity contribution in [2.24, 2.45) is 5.41 Å². The van der Waals surface area contributed by atoms with Gasteiger partial charge < -0.3 is 0 Å². The van der Waals surface area contributed by atoms with E-state index in [2.05, 4.69) is 0 Å². The molecular weight excluding hydrogens is 176 g/mol. The Balaban J connectivity index is 2.39. The highest BCUT2D eigenvalue weighted by Gasteiger charge is 2.40. The topological polar surface area (TPSA) is 34.1 Å². The Morgan fingerprint density at radius 2 is 1.86 bits per heavy atom. The van der Waals surface area contributed by atoms with Gasteiger partial charge in [0.05, 0.1) is 0 Å². The van der Waals surface area contributed by atoms with Gasteiger partial charge in [0.25, 0.3) is 0 Å². The number of hydrogen-bond donors (Lipinski definition) is 0. The zero-order valence-electron chi connectivity index (χ0n) is 8.64. The van der Waals surface area contributed by atoms with Gasteiger partial charge in [-0.05, 0) is 38.7 Å². The second-order valence-corrected chi connectivity index (χ2v) is 4.60. The molecular formula is C12H16O2. The average molecular weight is 192 g/mol. The van der Waals surface area contributed by atoms with E-state index < -0.39 is 0 Å². The summed E-state index contributed by atoms with van der Waals surface area (Å²) in [6, 6.07) is 0. The van der Waals surface area contributed by atoms with Crippen LogP contribution in [0.4, 0.5) is 0 Å². The number of Topliss-reactive ketones (excluding diaryl/α,β-unsaturated/α-hetero) is 1. The van der Waals surface area contributed by atoms with Crippen LogP contribution in [0, 0.1) is 5.41 Å². The third kappa shape index (κ3) is 1.43. The van der Waals surface area contributed by atoms with E-state index in [0.717, 1.165) is 31.3 Å². The molecule has 0 N–H and O–H groups in total. The Labute approximate surface area is 84.4 Å². The van der Waals surface area contributed by atoms with Crippen molar-refractivity contribution in [2.75, 3.05) is 0 Å². The maximum Gasteiger partial charge on any atom is 0.155 e. The third-order valence-corrected chi connectivity index (χ3v) is 3.63. The molecule has 2 aliphatic carbocycles. The number of fused-ring (bicyclic) bond motifs is 1. The van der Waals surface area contributed by atoms with Crippen LogP contribution in [-0.2, 0) is 9.59 Å². The number of allylic oxidation sites excluding steroid dienone is 2. The molecule has 0 unspecified atom stereocenters. The number of carbonyl (C=O) groups is 2. The molecule has 0 spiro atoms. The number of ketones is 2. The quantitative estimate of drug-likeness (QED) is 0.590. The van der Waals surface area contributed by atoms with Gasteiger partial charge in [0.15, 0.2) is 5.78 Å². The molecule has 0 radical (unpaired) electrons. The zero-order valence-corrected chi connectivity index (χ0v) is 8.64. The van der Waals surface area contributed by atoms with Crippen molar-refractivity contribution in [3.8, 4) is 0 Å². The molecule has 1 atom stereocenters. The number of carbonyl (C=O) groups excluding carboxylic acids is 2. The minimum Gasteiger partial charge on any atom is -0.299 e. The number of hydrogen-bond acceptors (Lipinski definition) is 2. The molecule has 2 aliphatic rings. The molecule has 1 fully saturated rings. The van der Waals surface area contributed by atoms with E-state index in [0.29, 0.717) is 18.6 Å². The van der Waals surface area contributed by atoms with E-state index in [1.165, 1.54) is 0 Å². The molecule has 0 aromatic heterocycles. The van der Waals surface area contributed by atoms with Gasteiger partial charge in [-0.25, -0.2) is 0 Å². The van der Waals surface area contributed by atoms with Gasteiger partial charge in [0, 0.05) is 18.3 Å². The van der Waals surface area contributed by atoms with E-state index in [4.69, 9.17) is 0 Å². The van der Waals surface area contributed by atoms with Crippen LogP contribution in [0.15, 0.2) is 11.6 Å². The van der Waals surface area contributed by atoms with Gasteiger partial charge in [0.2, 0.25) is 0 Å². The molecule has 2 rings (SSSR count). The first-order valence-electron chi connectivity index (χ1n) is 5.40. The normalized spacial score (nSPS) is 33.4. The zero-order chi connectivity index (χ0) is 10.2. The van der Waals surface area contributed by atoms with E-state index >= 15 is 0 Å². The minimum atomic E-state index is -0.301. The third-order valence-electron chi connectivity index (χ3n) is 3.63. The molecule has 0 bridgehead atoms. The Morgan fingerprint density at radius 1 is 1.14 bits per heavy atom. The highest BCUT2D eigenvalue weighted by Crippen LogP contribution is 2.42. The Hall–Kier alpha value is -0.920. The Bertz CT molecular complexity index is 314. The fourth-order valence-electron chi connectivity index (χ4n) is 2.50. The molecule has 0 aliphatic heterocycles. The van der Waals surface area contributed by atoms with Gasteiger partial charge in [-0.1, -0.05) is 5.57 Å². The van der Waals surface area contributed by atoms with Crippen molar-refractivity contribution in [2.45, 2.75) is 45.4 Å². The maximum atomic E-state index is 11.9. The van der Waals surface area contributed by atoms with E-state index in [-0.39, 0.29) is 11.2 Å². The van der Waals surface area contributed by atoms with Crippen molar-refractivity contribution in [1.29, 1.82) is 0 Å². The number of rotatable bonds is 0. The molecule has 2 nitrogen and oxygen atoms in total. The van der Waals surface area contributed by atoms with E-state index in [1.54, 1.807) is 6.08 Å². The lowest BCUT2D eigenvalue weighted by atomic mass is 9.70. The van der Waals surface area contributed by atoms with Crippen LogP contribution in [0.25, 0.3) is 0 Å². The van der Waals surface area contributed by atoms with Crippen molar-refractivity contribution >= 4 is 11.6 Å². The summed E-state index contributed by atoms with van der Waals surface area (Å²) in [4.78, 5) is 23.2. The van der Waals surface area contributed by atoms with Crippen LogP contribution in [0.3, 0.4) is 0 Å². The molecule has 0 saturated heterocycles. The van der Waals surface area contributed by atoms with Crippen LogP contribution >= 0.6 is 0 Å². The van der Waals surface area contributed by atoms with Gasteiger partial charge in [-0.3, -0.25) is 9.59 Å². The molecule has 0 aromatic rings. The minimum absolute atomic E-state index is 0.201. The first-order valence-corrected chi connectivity index (χ1v) is 5.40. The standard InChI is InChI=1S/C12H16O2/c1-12-7-6-10(13)8-9(12)4-2-3-5-11(12)14/h8H,2-7H2,1H3/t12-/m0/s1. The van der Waals surface area contributed by atoms with E-state index in [9.17, 15) is 9.59 Å². The largest absolute Gasteiger partial charge is 0.299 e. The van der Waals surface area contributed by atoms with Crippen LogP contribution in [0.1, 0.15) is 45.4 Å². The highest BCUT2D eigenvalue weighted by atomic mass is 16.1. The average Bonchev–Trinajstić information content (AvgIpc) is 2.29. The Kier molecular flexibility index (Phi) is 2.30. The lowest BCUT2D eigenvalue weighted by Gasteiger charge is -2.32. The summed E-state index contributed by atoms with van der Waals surface area (Å²) >= 11 is 0. The maximum absolute atomic E-state index is 11.9. The smallest absolute Gasteiger partial charge is 0.155 e.